The Morgan fingerprint density at radius 2 is 2.12 bits per heavy atom. The van der Waals surface area contributed by atoms with Crippen LogP contribution < -0.4 is 5.32 Å². The Hall–Kier alpha value is -0.800. The molecule has 0 bridgehead atoms. The maximum absolute atomic E-state index is 3.69. The van der Waals surface area contributed by atoms with Gasteiger partial charge in [-0.05, 0) is 27.9 Å². The van der Waals surface area contributed by atoms with E-state index in [4.69, 9.17) is 0 Å². The smallest absolute Gasteiger partial charge is 0.0500 e. The number of aryl methyl sites for hydroxylation is 1. The molecule has 2 aromatic rings. The number of nitrogens with one attached hydrogen (secondary N) is 2. The summed E-state index contributed by atoms with van der Waals surface area (Å²) in [6.07, 6.45) is 1.06. The number of benzene rings is 1. The summed E-state index contributed by atoms with van der Waals surface area (Å²) >= 11 is 3.69. The van der Waals surface area contributed by atoms with E-state index in [1.807, 2.05) is 0 Å². The van der Waals surface area contributed by atoms with E-state index >= 15 is 0 Å². The molecule has 0 unspecified atom stereocenters. The zero-order chi connectivity index (χ0) is 12.4. The van der Waals surface area contributed by atoms with Gasteiger partial charge in [-0.2, -0.15) is 0 Å². The van der Waals surface area contributed by atoms with Crippen LogP contribution in [0, 0.1) is 0 Å². The Morgan fingerprint density at radius 1 is 1.35 bits per heavy atom. The van der Waals surface area contributed by atoms with E-state index in [-0.39, 0.29) is 0 Å². The number of aromatic nitrogens is 1. The molecule has 1 aromatic heterocycles. The monoisotopic (exact) mass is 294 g/mol. The Labute approximate surface area is 111 Å². The standard InChI is InChI=1S/C14H19BrN2/c1-4-10-6-5-7-11-13(15)12(17-14(10)11)8-16-9(2)3/h5-7,9,16-17H,4,8H2,1-3H3. The molecule has 2 nitrogen and oxygen atoms in total. The first kappa shape index (κ1) is 12.7. The molecule has 17 heavy (non-hydrogen) atoms. The number of halogens is 1. The summed E-state index contributed by atoms with van der Waals surface area (Å²) in [4.78, 5) is 3.53. The summed E-state index contributed by atoms with van der Waals surface area (Å²) in [5, 5.41) is 4.72. The fourth-order valence-corrected chi connectivity index (χ4v) is 2.59. The lowest BCUT2D eigenvalue weighted by Gasteiger charge is -2.06. The number of fused-ring (bicyclic) bond motifs is 1. The maximum atomic E-state index is 3.69. The van der Waals surface area contributed by atoms with Crippen molar-refractivity contribution in [3.05, 3.63) is 33.9 Å². The first-order valence-electron chi connectivity index (χ1n) is 6.14. The molecule has 0 atom stereocenters. The molecule has 0 saturated heterocycles. The van der Waals surface area contributed by atoms with Gasteiger partial charge in [0, 0.05) is 28.1 Å². The quantitative estimate of drug-likeness (QED) is 0.877. The molecule has 0 amide bonds. The van der Waals surface area contributed by atoms with Crippen molar-refractivity contribution in [3.8, 4) is 0 Å². The van der Waals surface area contributed by atoms with Crippen molar-refractivity contribution in [2.24, 2.45) is 0 Å². The van der Waals surface area contributed by atoms with Crippen LogP contribution in [0.3, 0.4) is 0 Å². The zero-order valence-corrected chi connectivity index (χ0v) is 12.2. The first-order valence-corrected chi connectivity index (χ1v) is 6.94. The van der Waals surface area contributed by atoms with Crippen LogP contribution in [0.5, 0.6) is 0 Å². The van der Waals surface area contributed by atoms with Crippen LogP contribution in [-0.4, -0.2) is 11.0 Å². The van der Waals surface area contributed by atoms with Crippen molar-refractivity contribution >= 4 is 26.8 Å². The van der Waals surface area contributed by atoms with Crippen molar-refractivity contribution in [2.75, 3.05) is 0 Å². The normalized spacial score (nSPS) is 11.6. The number of hydrogen-bond acceptors (Lipinski definition) is 1. The summed E-state index contributed by atoms with van der Waals surface area (Å²) < 4.78 is 1.19. The second-order valence-corrected chi connectivity index (χ2v) is 5.44. The van der Waals surface area contributed by atoms with Crippen molar-refractivity contribution in [2.45, 2.75) is 39.8 Å². The topological polar surface area (TPSA) is 27.8 Å². The predicted octanol–water partition coefficient (Wildman–Crippen LogP) is 3.99. The van der Waals surface area contributed by atoms with Gasteiger partial charge in [-0.3, -0.25) is 0 Å². The van der Waals surface area contributed by atoms with E-state index in [1.165, 1.54) is 26.6 Å². The molecule has 0 spiro atoms. The summed E-state index contributed by atoms with van der Waals surface area (Å²) in [5.41, 5.74) is 3.87. The molecule has 92 valence electrons. The predicted molar refractivity (Wildman–Crippen MR) is 77.4 cm³/mol. The molecule has 1 aromatic carbocycles. The van der Waals surface area contributed by atoms with Gasteiger partial charge < -0.3 is 10.3 Å². The van der Waals surface area contributed by atoms with Crippen LogP contribution >= 0.6 is 15.9 Å². The highest BCUT2D eigenvalue weighted by Crippen LogP contribution is 2.30. The van der Waals surface area contributed by atoms with Gasteiger partial charge in [-0.1, -0.05) is 39.0 Å². The average Bonchev–Trinajstić information content (AvgIpc) is 2.64. The first-order chi connectivity index (χ1) is 8.13. The van der Waals surface area contributed by atoms with Crippen LogP contribution in [0.2, 0.25) is 0 Å². The molecule has 2 N–H and O–H groups in total. The minimum Gasteiger partial charge on any atom is -0.356 e. The molecule has 0 aliphatic rings. The summed E-state index contributed by atoms with van der Waals surface area (Å²) in [5.74, 6) is 0. The highest BCUT2D eigenvalue weighted by molar-refractivity contribution is 9.10. The van der Waals surface area contributed by atoms with E-state index in [0.717, 1.165) is 13.0 Å². The summed E-state index contributed by atoms with van der Waals surface area (Å²) in [6.45, 7) is 7.38. The van der Waals surface area contributed by atoms with E-state index in [1.54, 1.807) is 0 Å². The van der Waals surface area contributed by atoms with Crippen molar-refractivity contribution in [1.82, 2.24) is 10.3 Å². The summed E-state index contributed by atoms with van der Waals surface area (Å²) in [6, 6.07) is 6.97. The van der Waals surface area contributed by atoms with Gasteiger partial charge in [0.25, 0.3) is 0 Å². The SMILES string of the molecule is CCc1cccc2c(Br)c(CNC(C)C)[nH]c12. The van der Waals surface area contributed by atoms with Gasteiger partial charge >= 0.3 is 0 Å². The minimum atomic E-state index is 0.499. The van der Waals surface area contributed by atoms with Gasteiger partial charge in [-0.15, -0.1) is 0 Å². The van der Waals surface area contributed by atoms with E-state index in [0.29, 0.717) is 6.04 Å². The second-order valence-electron chi connectivity index (χ2n) is 4.65. The Kier molecular flexibility index (Phi) is 3.89. The van der Waals surface area contributed by atoms with Crippen molar-refractivity contribution < 1.29 is 0 Å². The number of para-hydroxylation sites is 1. The van der Waals surface area contributed by atoms with E-state index in [2.05, 4.69) is 65.2 Å². The van der Waals surface area contributed by atoms with E-state index < -0.39 is 0 Å². The molecular formula is C14H19BrN2. The lowest BCUT2D eigenvalue weighted by atomic mass is 10.1. The molecule has 0 radical (unpaired) electrons. The largest absolute Gasteiger partial charge is 0.356 e. The van der Waals surface area contributed by atoms with Crippen molar-refractivity contribution in [1.29, 1.82) is 0 Å². The molecule has 0 aliphatic carbocycles. The third-order valence-corrected chi connectivity index (χ3v) is 3.90. The fourth-order valence-electron chi connectivity index (χ4n) is 2.02. The highest BCUT2D eigenvalue weighted by atomic mass is 79.9. The van der Waals surface area contributed by atoms with Crippen LogP contribution in [0.25, 0.3) is 10.9 Å². The lowest BCUT2D eigenvalue weighted by molar-refractivity contribution is 0.582. The number of hydrogen-bond donors (Lipinski definition) is 2. The average molecular weight is 295 g/mol. The molecule has 1 heterocycles. The van der Waals surface area contributed by atoms with Gasteiger partial charge in [0.05, 0.1) is 5.52 Å². The molecule has 2 rings (SSSR count). The van der Waals surface area contributed by atoms with Crippen LogP contribution in [0.4, 0.5) is 0 Å². The van der Waals surface area contributed by atoms with Crippen molar-refractivity contribution in [3.63, 3.8) is 0 Å². The fraction of sp³-hybridized carbons (Fsp3) is 0.429. The molecule has 0 fully saturated rings. The maximum Gasteiger partial charge on any atom is 0.0500 e. The van der Waals surface area contributed by atoms with Gasteiger partial charge in [0.2, 0.25) is 0 Å². The summed E-state index contributed by atoms with van der Waals surface area (Å²) in [7, 11) is 0. The van der Waals surface area contributed by atoms with Gasteiger partial charge in [0.1, 0.15) is 0 Å². The third-order valence-electron chi connectivity index (χ3n) is 3.00. The second kappa shape index (κ2) is 5.23. The zero-order valence-electron chi connectivity index (χ0n) is 10.6. The third kappa shape index (κ3) is 2.55. The number of rotatable bonds is 4. The van der Waals surface area contributed by atoms with Crippen LogP contribution in [0.1, 0.15) is 32.0 Å². The highest BCUT2D eigenvalue weighted by Gasteiger charge is 2.10. The van der Waals surface area contributed by atoms with Gasteiger partial charge in [-0.25, -0.2) is 0 Å². The Morgan fingerprint density at radius 3 is 2.76 bits per heavy atom. The minimum absolute atomic E-state index is 0.499. The van der Waals surface area contributed by atoms with Crippen LogP contribution in [0.15, 0.2) is 22.7 Å². The molecular weight excluding hydrogens is 276 g/mol. The lowest BCUT2D eigenvalue weighted by Crippen LogP contribution is -2.22. The Bertz CT molecular complexity index is 514. The molecule has 0 aliphatic heterocycles. The number of H-pyrrole nitrogens is 1. The molecule has 0 saturated carbocycles. The van der Waals surface area contributed by atoms with Crippen LogP contribution in [-0.2, 0) is 13.0 Å². The van der Waals surface area contributed by atoms with E-state index in [9.17, 15) is 0 Å². The number of aromatic amines is 1. The van der Waals surface area contributed by atoms with Gasteiger partial charge in [0.15, 0.2) is 0 Å². The molecule has 3 heteroatoms. The Balaban J connectivity index is 2.41.